The number of aliphatic hydroxyl groups is 1. The Morgan fingerprint density at radius 3 is 2.71 bits per heavy atom. The first-order valence-corrected chi connectivity index (χ1v) is 3.67. The average molecular weight is 201 g/mol. The molecule has 0 aliphatic heterocycles. The zero-order valence-corrected chi connectivity index (χ0v) is 6.97. The van der Waals surface area contributed by atoms with Crippen LogP contribution in [0.4, 0.5) is 13.2 Å². The number of alkyl halides is 3. The van der Waals surface area contributed by atoms with Gasteiger partial charge < -0.3 is 5.11 Å². The minimum absolute atomic E-state index is 0.00567. The molecule has 0 fully saturated rings. The molecule has 1 aromatic rings. The lowest BCUT2D eigenvalue weighted by Crippen LogP contribution is -2.05. The summed E-state index contributed by atoms with van der Waals surface area (Å²) in [6.45, 7) is -0.405. The van der Waals surface area contributed by atoms with Gasteiger partial charge >= 0.3 is 6.18 Å². The minimum Gasteiger partial charge on any atom is -0.384 e. The van der Waals surface area contributed by atoms with Crippen molar-refractivity contribution in [3.05, 3.63) is 29.6 Å². The highest BCUT2D eigenvalue weighted by atomic mass is 19.4. The Morgan fingerprint density at radius 1 is 1.43 bits per heavy atom. The Labute approximate surface area is 78.4 Å². The Kier molecular flexibility index (Phi) is 3.10. The van der Waals surface area contributed by atoms with Gasteiger partial charge in [-0.05, 0) is 18.1 Å². The summed E-state index contributed by atoms with van der Waals surface area (Å²) >= 11 is 0. The van der Waals surface area contributed by atoms with Crippen LogP contribution in [-0.2, 0) is 6.18 Å². The van der Waals surface area contributed by atoms with Crippen LogP contribution in [0.25, 0.3) is 0 Å². The fourth-order valence-electron chi connectivity index (χ4n) is 0.805. The summed E-state index contributed by atoms with van der Waals surface area (Å²) in [7, 11) is 0. The monoisotopic (exact) mass is 201 g/mol. The molecule has 0 unspecified atom stereocenters. The smallest absolute Gasteiger partial charge is 0.384 e. The van der Waals surface area contributed by atoms with Gasteiger partial charge in [0.2, 0.25) is 0 Å². The highest BCUT2D eigenvalue weighted by molar-refractivity contribution is 5.31. The predicted octanol–water partition coefficient (Wildman–Crippen LogP) is 1.44. The van der Waals surface area contributed by atoms with Crippen molar-refractivity contribution in [1.29, 1.82) is 0 Å². The Morgan fingerprint density at radius 2 is 2.14 bits per heavy atom. The van der Waals surface area contributed by atoms with Crippen molar-refractivity contribution in [2.24, 2.45) is 0 Å². The largest absolute Gasteiger partial charge is 0.416 e. The van der Waals surface area contributed by atoms with Crippen molar-refractivity contribution in [3.8, 4) is 11.8 Å². The topological polar surface area (TPSA) is 33.1 Å². The van der Waals surface area contributed by atoms with Crippen LogP contribution >= 0.6 is 0 Å². The van der Waals surface area contributed by atoms with Crippen LogP contribution in [0.2, 0.25) is 0 Å². The standard InChI is InChI=1S/C9H6F3NO/c10-9(11,12)7-3-4-13-8(6-7)2-1-5-14/h3-4,6,14H,5H2. The number of hydrogen-bond acceptors (Lipinski definition) is 2. The maximum absolute atomic E-state index is 12.2. The summed E-state index contributed by atoms with van der Waals surface area (Å²) < 4.78 is 36.5. The normalized spacial score (nSPS) is 10.6. The maximum Gasteiger partial charge on any atom is 0.416 e. The molecule has 0 atom stereocenters. The summed E-state index contributed by atoms with van der Waals surface area (Å²) in [5.74, 6) is 4.51. The Hall–Kier alpha value is -1.54. The third-order valence-electron chi connectivity index (χ3n) is 1.38. The van der Waals surface area contributed by atoms with E-state index in [0.29, 0.717) is 0 Å². The van der Waals surface area contributed by atoms with Crippen molar-refractivity contribution >= 4 is 0 Å². The molecule has 1 N–H and O–H groups in total. The van der Waals surface area contributed by atoms with E-state index in [2.05, 4.69) is 16.8 Å². The second kappa shape index (κ2) is 4.11. The molecule has 0 aliphatic rings. The van der Waals surface area contributed by atoms with Gasteiger partial charge in [0.15, 0.2) is 0 Å². The van der Waals surface area contributed by atoms with Gasteiger partial charge in [0.05, 0.1) is 5.56 Å². The van der Waals surface area contributed by atoms with Gasteiger partial charge in [-0.2, -0.15) is 13.2 Å². The first kappa shape index (κ1) is 10.5. The SMILES string of the molecule is OCC#Cc1cc(C(F)(F)F)ccn1. The van der Waals surface area contributed by atoms with Gasteiger partial charge in [-0.3, -0.25) is 0 Å². The average Bonchev–Trinajstić information content (AvgIpc) is 2.14. The first-order chi connectivity index (χ1) is 6.54. The van der Waals surface area contributed by atoms with Crippen LogP contribution in [0, 0.1) is 11.8 Å². The molecular formula is C9H6F3NO. The van der Waals surface area contributed by atoms with E-state index >= 15 is 0 Å². The van der Waals surface area contributed by atoms with Crippen molar-refractivity contribution in [2.75, 3.05) is 6.61 Å². The maximum atomic E-state index is 12.2. The van der Waals surface area contributed by atoms with Crippen LogP contribution in [0.15, 0.2) is 18.3 Å². The molecular weight excluding hydrogens is 195 g/mol. The third kappa shape index (κ3) is 2.75. The molecule has 2 nitrogen and oxygen atoms in total. The molecule has 0 radical (unpaired) electrons. The molecule has 0 amide bonds. The molecule has 5 heteroatoms. The van der Waals surface area contributed by atoms with Crippen LogP contribution < -0.4 is 0 Å². The fraction of sp³-hybridized carbons (Fsp3) is 0.222. The van der Waals surface area contributed by atoms with Crippen LogP contribution in [0.1, 0.15) is 11.3 Å². The highest BCUT2D eigenvalue weighted by Gasteiger charge is 2.30. The van der Waals surface area contributed by atoms with Crippen LogP contribution in [0.3, 0.4) is 0 Å². The number of aliphatic hydroxyl groups excluding tert-OH is 1. The van der Waals surface area contributed by atoms with Crippen LogP contribution in [0.5, 0.6) is 0 Å². The number of aromatic nitrogens is 1. The second-order valence-electron chi connectivity index (χ2n) is 2.39. The van der Waals surface area contributed by atoms with Gasteiger partial charge in [-0.25, -0.2) is 4.98 Å². The van der Waals surface area contributed by atoms with E-state index in [1.54, 1.807) is 0 Å². The molecule has 1 heterocycles. The molecule has 1 aromatic heterocycles. The van der Waals surface area contributed by atoms with E-state index < -0.39 is 18.3 Å². The number of hydrogen-bond donors (Lipinski definition) is 1. The number of pyridine rings is 1. The zero-order chi connectivity index (χ0) is 10.6. The molecule has 14 heavy (non-hydrogen) atoms. The van der Waals surface area contributed by atoms with Gasteiger partial charge in [0.1, 0.15) is 12.3 Å². The van der Waals surface area contributed by atoms with Gasteiger partial charge in [0, 0.05) is 6.20 Å². The zero-order valence-electron chi connectivity index (χ0n) is 6.97. The minimum atomic E-state index is -4.39. The summed E-state index contributed by atoms with van der Waals surface area (Å²) in [5, 5.41) is 8.33. The molecule has 1 rings (SSSR count). The number of rotatable bonds is 0. The van der Waals surface area contributed by atoms with Crippen molar-refractivity contribution < 1.29 is 18.3 Å². The summed E-state index contributed by atoms with van der Waals surface area (Å²) in [5.41, 5.74) is -0.802. The lowest BCUT2D eigenvalue weighted by atomic mass is 10.2. The summed E-state index contributed by atoms with van der Waals surface area (Å²) in [6.07, 6.45) is -3.36. The molecule has 0 saturated heterocycles. The molecule has 0 saturated carbocycles. The van der Waals surface area contributed by atoms with E-state index in [0.717, 1.165) is 18.3 Å². The van der Waals surface area contributed by atoms with Gasteiger partial charge in [0.25, 0.3) is 0 Å². The quantitative estimate of drug-likeness (QED) is 0.644. The second-order valence-corrected chi connectivity index (χ2v) is 2.39. The van der Waals surface area contributed by atoms with E-state index in [1.165, 1.54) is 0 Å². The molecule has 0 bridgehead atoms. The van der Waals surface area contributed by atoms with E-state index in [-0.39, 0.29) is 5.69 Å². The number of nitrogens with zero attached hydrogens (tertiary/aromatic N) is 1. The molecule has 0 aromatic carbocycles. The Bertz CT molecular complexity index is 376. The van der Waals surface area contributed by atoms with Gasteiger partial charge in [-0.15, -0.1) is 0 Å². The van der Waals surface area contributed by atoms with E-state index in [4.69, 9.17) is 5.11 Å². The summed E-state index contributed by atoms with van der Waals surface area (Å²) in [6, 6.07) is 1.70. The van der Waals surface area contributed by atoms with Gasteiger partial charge in [-0.1, -0.05) is 5.92 Å². The van der Waals surface area contributed by atoms with E-state index in [1.807, 2.05) is 0 Å². The fourth-order valence-corrected chi connectivity index (χ4v) is 0.805. The summed E-state index contributed by atoms with van der Waals surface area (Å²) in [4.78, 5) is 3.61. The molecule has 74 valence electrons. The number of halogens is 3. The van der Waals surface area contributed by atoms with Crippen molar-refractivity contribution in [2.45, 2.75) is 6.18 Å². The van der Waals surface area contributed by atoms with E-state index in [9.17, 15) is 13.2 Å². The molecule has 0 aliphatic carbocycles. The molecule has 0 spiro atoms. The highest BCUT2D eigenvalue weighted by Crippen LogP contribution is 2.28. The lowest BCUT2D eigenvalue weighted by Gasteiger charge is -2.05. The van der Waals surface area contributed by atoms with Crippen molar-refractivity contribution in [1.82, 2.24) is 4.98 Å². The predicted molar refractivity (Wildman–Crippen MR) is 43.2 cm³/mol. The van der Waals surface area contributed by atoms with Crippen molar-refractivity contribution in [3.63, 3.8) is 0 Å². The van der Waals surface area contributed by atoms with Crippen LogP contribution in [-0.4, -0.2) is 16.7 Å². The Balaban J connectivity index is 3.02. The third-order valence-corrected chi connectivity index (χ3v) is 1.38. The first-order valence-electron chi connectivity index (χ1n) is 3.67. The lowest BCUT2D eigenvalue weighted by molar-refractivity contribution is -0.137.